The predicted molar refractivity (Wildman–Crippen MR) is 112 cm³/mol. The largest absolute Gasteiger partial charge is 0.428 e. The van der Waals surface area contributed by atoms with Crippen molar-refractivity contribution in [3.05, 3.63) is 41.9 Å². The molecule has 29 heavy (non-hydrogen) atoms. The van der Waals surface area contributed by atoms with Crippen LogP contribution in [0.4, 0.5) is 13.2 Å². The van der Waals surface area contributed by atoms with Crippen molar-refractivity contribution in [2.45, 2.75) is 95.8 Å². The van der Waals surface area contributed by atoms with Gasteiger partial charge in [0.05, 0.1) is 0 Å². The third kappa shape index (κ3) is 5.58. The van der Waals surface area contributed by atoms with Crippen LogP contribution in [0.15, 0.2) is 36.4 Å². The molecule has 2 aliphatic rings. The van der Waals surface area contributed by atoms with E-state index in [4.69, 9.17) is 0 Å². The van der Waals surface area contributed by atoms with E-state index in [1.165, 1.54) is 89.0 Å². The molecule has 4 heteroatoms. The Morgan fingerprint density at radius 2 is 1.59 bits per heavy atom. The number of halogens is 3. The lowest BCUT2D eigenvalue weighted by Gasteiger charge is -2.47. The highest BCUT2D eigenvalue weighted by Crippen LogP contribution is 2.51. The van der Waals surface area contributed by atoms with Crippen LogP contribution in [0.3, 0.4) is 0 Å². The molecule has 0 saturated heterocycles. The van der Waals surface area contributed by atoms with Crippen molar-refractivity contribution in [1.82, 2.24) is 0 Å². The van der Waals surface area contributed by atoms with Crippen molar-refractivity contribution >= 4 is 0 Å². The lowest BCUT2D eigenvalue weighted by Crippen LogP contribution is -2.39. The van der Waals surface area contributed by atoms with E-state index in [1.54, 1.807) is 12.1 Å². The fraction of sp³-hybridized carbons (Fsp3) is 0.680. The normalized spacial score (nSPS) is 24.1. The van der Waals surface area contributed by atoms with Gasteiger partial charge in [-0.15, -0.1) is 0 Å². The van der Waals surface area contributed by atoms with E-state index >= 15 is 0 Å². The molecule has 2 fully saturated rings. The third-order valence-corrected chi connectivity index (χ3v) is 7.38. The van der Waals surface area contributed by atoms with Crippen LogP contribution in [0.1, 0.15) is 96.0 Å². The topological polar surface area (TPSA) is 9.23 Å². The molecule has 1 aromatic rings. The van der Waals surface area contributed by atoms with Crippen LogP contribution < -0.4 is 4.74 Å². The molecule has 0 unspecified atom stereocenters. The molecule has 0 aromatic heterocycles. The maximum absolute atomic E-state index is 13.1. The highest BCUT2D eigenvalue weighted by molar-refractivity contribution is 5.34. The second-order valence-electron chi connectivity index (χ2n) is 9.09. The van der Waals surface area contributed by atoms with Gasteiger partial charge in [-0.2, -0.15) is 13.2 Å². The first-order chi connectivity index (χ1) is 14.0. The number of hydrogen-bond donors (Lipinski definition) is 0. The quantitative estimate of drug-likeness (QED) is 0.309. The van der Waals surface area contributed by atoms with Crippen molar-refractivity contribution in [2.24, 2.45) is 11.8 Å². The van der Waals surface area contributed by atoms with Crippen LogP contribution in [-0.4, -0.2) is 0 Å². The molecule has 1 nitrogen and oxygen atoms in total. The first kappa shape index (κ1) is 22.2. The SMILES string of the molecule is CCCCCC1CCC(C2(c3ccc(OC(F)=C(F)F)cc3)CCCCC2)CC1. The fourth-order valence-corrected chi connectivity index (χ4v) is 5.80. The Kier molecular flexibility index (Phi) is 8.08. The van der Waals surface area contributed by atoms with Crippen LogP contribution >= 0.6 is 0 Å². The Bertz CT molecular complexity index is 649. The lowest BCUT2D eigenvalue weighted by atomic mass is 9.57. The average molecular weight is 409 g/mol. The Hall–Kier alpha value is -1.45. The number of hydrogen-bond acceptors (Lipinski definition) is 1. The Morgan fingerprint density at radius 3 is 2.17 bits per heavy atom. The van der Waals surface area contributed by atoms with Gasteiger partial charge in [0.2, 0.25) is 0 Å². The van der Waals surface area contributed by atoms with E-state index in [9.17, 15) is 13.2 Å². The van der Waals surface area contributed by atoms with Gasteiger partial charge in [-0.1, -0.05) is 76.8 Å². The van der Waals surface area contributed by atoms with Gasteiger partial charge in [-0.25, -0.2) is 0 Å². The summed E-state index contributed by atoms with van der Waals surface area (Å²) < 4.78 is 42.3. The van der Waals surface area contributed by atoms with Crippen molar-refractivity contribution in [2.75, 3.05) is 0 Å². The Morgan fingerprint density at radius 1 is 0.931 bits per heavy atom. The smallest absolute Gasteiger partial charge is 0.344 e. The monoisotopic (exact) mass is 408 g/mol. The molecule has 2 aliphatic carbocycles. The molecule has 162 valence electrons. The zero-order valence-corrected chi connectivity index (χ0v) is 17.7. The standard InChI is InChI=1S/C25H35F3O/c1-2-3-5-8-19-9-11-20(12-10-19)25(17-6-4-7-18-25)21-13-15-22(16-14-21)29-24(28)23(26)27/h13-16,19-20H,2-12,17-18H2,1H3. The van der Waals surface area contributed by atoms with Crippen LogP contribution in [0.2, 0.25) is 0 Å². The molecule has 0 radical (unpaired) electrons. The minimum Gasteiger partial charge on any atom is -0.428 e. The highest BCUT2D eigenvalue weighted by Gasteiger charge is 2.42. The second-order valence-corrected chi connectivity index (χ2v) is 9.09. The van der Waals surface area contributed by atoms with Crippen LogP contribution in [0.25, 0.3) is 0 Å². The first-order valence-corrected chi connectivity index (χ1v) is 11.5. The van der Waals surface area contributed by atoms with Gasteiger partial charge in [0.1, 0.15) is 5.75 Å². The molecule has 0 aliphatic heterocycles. The average Bonchev–Trinajstić information content (AvgIpc) is 2.75. The van der Waals surface area contributed by atoms with Gasteiger partial charge < -0.3 is 4.74 Å². The van der Waals surface area contributed by atoms with Gasteiger partial charge in [-0.3, -0.25) is 0 Å². The van der Waals surface area contributed by atoms with Crippen LogP contribution in [-0.2, 0) is 5.41 Å². The van der Waals surface area contributed by atoms with E-state index in [0.29, 0.717) is 5.92 Å². The van der Waals surface area contributed by atoms with E-state index < -0.39 is 12.1 Å². The van der Waals surface area contributed by atoms with Gasteiger partial charge in [0, 0.05) is 0 Å². The molecule has 0 bridgehead atoms. The minimum atomic E-state index is -2.42. The summed E-state index contributed by atoms with van der Waals surface area (Å²) in [4.78, 5) is 0. The summed E-state index contributed by atoms with van der Waals surface area (Å²) in [7, 11) is 0. The molecule has 0 atom stereocenters. The van der Waals surface area contributed by atoms with Gasteiger partial charge in [0.15, 0.2) is 0 Å². The van der Waals surface area contributed by atoms with Crippen LogP contribution in [0, 0.1) is 11.8 Å². The summed E-state index contributed by atoms with van der Waals surface area (Å²) in [6, 6.07) is 5.44. The van der Waals surface area contributed by atoms with Gasteiger partial charge in [-0.05, 0) is 60.6 Å². The van der Waals surface area contributed by atoms with E-state index in [0.717, 1.165) is 5.92 Å². The van der Waals surface area contributed by atoms with Crippen molar-refractivity contribution < 1.29 is 17.9 Å². The lowest BCUT2D eigenvalue weighted by molar-refractivity contribution is 0.124. The highest BCUT2D eigenvalue weighted by atomic mass is 19.3. The summed E-state index contributed by atoms with van der Waals surface area (Å²) in [5.41, 5.74) is 1.47. The second kappa shape index (κ2) is 10.5. The summed E-state index contributed by atoms with van der Waals surface area (Å²) in [5, 5.41) is 0. The van der Waals surface area contributed by atoms with Crippen molar-refractivity contribution in [3.8, 4) is 5.75 Å². The third-order valence-electron chi connectivity index (χ3n) is 7.38. The molecule has 0 spiro atoms. The first-order valence-electron chi connectivity index (χ1n) is 11.5. The van der Waals surface area contributed by atoms with E-state index in [-0.39, 0.29) is 11.2 Å². The number of ether oxygens (including phenoxy) is 1. The van der Waals surface area contributed by atoms with Crippen LogP contribution in [0.5, 0.6) is 5.75 Å². The maximum Gasteiger partial charge on any atom is 0.344 e. The zero-order chi connectivity index (χ0) is 20.7. The molecule has 0 heterocycles. The maximum atomic E-state index is 13.1. The summed E-state index contributed by atoms with van der Waals surface area (Å²) in [6.07, 6.45) is 14.4. The molecule has 1 aromatic carbocycles. The van der Waals surface area contributed by atoms with Gasteiger partial charge in [0.25, 0.3) is 0 Å². The predicted octanol–water partition coefficient (Wildman–Crippen LogP) is 8.69. The summed E-state index contributed by atoms with van der Waals surface area (Å²) >= 11 is 0. The molecule has 3 rings (SSSR count). The zero-order valence-electron chi connectivity index (χ0n) is 17.7. The summed E-state index contributed by atoms with van der Waals surface area (Å²) in [6.45, 7) is 2.26. The fourth-order valence-electron chi connectivity index (χ4n) is 5.80. The molecular formula is C25H35F3O. The van der Waals surface area contributed by atoms with E-state index in [2.05, 4.69) is 11.7 Å². The van der Waals surface area contributed by atoms with Crippen molar-refractivity contribution in [1.29, 1.82) is 0 Å². The van der Waals surface area contributed by atoms with E-state index in [1.807, 2.05) is 12.1 Å². The molecular weight excluding hydrogens is 373 g/mol. The Labute approximate surface area is 173 Å². The minimum absolute atomic E-state index is 0.129. The summed E-state index contributed by atoms with van der Waals surface area (Å²) in [5.74, 6) is 1.71. The van der Waals surface area contributed by atoms with Gasteiger partial charge >= 0.3 is 12.1 Å². The number of unbranched alkanes of at least 4 members (excludes halogenated alkanes) is 2. The van der Waals surface area contributed by atoms with Crippen molar-refractivity contribution in [3.63, 3.8) is 0 Å². The molecule has 0 N–H and O–H groups in total. The number of rotatable bonds is 8. The number of benzene rings is 1. The molecule has 0 amide bonds. The molecule has 2 saturated carbocycles. The Balaban J connectivity index is 1.70.